The fraction of sp³-hybridized carbons (Fsp3) is 0.250. The number of carbonyl (C=O) groups excluding carboxylic acids is 1. The van der Waals surface area contributed by atoms with Crippen molar-refractivity contribution < 1.29 is 9.21 Å². The highest BCUT2D eigenvalue weighted by Gasteiger charge is 2.16. The van der Waals surface area contributed by atoms with Crippen LogP contribution in [0, 0.1) is 20.8 Å². The molecule has 0 fully saturated rings. The van der Waals surface area contributed by atoms with E-state index in [0.717, 1.165) is 17.2 Å². The minimum absolute atomic E-state index is 0.224. The molecule has 1 N–H and O–H groups in total. The second kappa shape index (κ2) is 5.68. The quantitative estimate of drug-likeness (QED) is 0.803. The highest BCUT2D eigenvalue weighted by molar-refractivity contribution is 6.03. The second-order valence-electron chi connectivity index (χ2n) is 5.31. The molecule has 0 aliphatic carbocycles. The Labute approximate surface area is 133 Å². The summed E-state index contributed by atoms with van der Waals surface area (Å²) in [6, 6.07) is 7.43. The van der Waals surface area contributed by atoms with Crippen LogP contribution in [0.4, 0.5) is 5.69 Å². The molecule has 3 aromatic rings. The highest BCUT2D eigenvalue weighted by Crippen LogP contribution is 2.22. The van der Waals surface area contributed by atoms with Crippen molar-refractivity contribution in [1.29, 1.82) is 0 Å². The molecule has 23 heavy (non-hydrogen) atoms. The maximum absolute atomic E-state index is 12.3. The molecule has 1 amide bonds. The Hall–Kier alpha value is -2.96. The first-order chi connectivity index (χ1) is 11.0. The van der Waals surface area contributed by atoms with Gasteiger partial charge in [-0.2, -0.15) is 0 Å². The molecule has 0 saturated carbocycles. The number of nitrogens with one attached hydrogen (secondary N) is 1. The first-order valence-corrected chi connectivity index (χ1v) is 7.17. The topological polar surface area (TPSA) is 85.8 Å². The summed E-state index contributed by atoms with van der Waals surface area (Å²) in [5.41, 5.74) is 2.10. The Morgan fingerprint density at radius 2 is 2.00 bits per heavy atom. The predicted molar refractivity (Wildman–Crippen MR) is 85.1 cm³/mol. The Kier molecular flexibility index (Phi) is 3.69. The van der Waals surface area contributed by atoms with Crippen molar-refractivity contribution >= 4 is 11.6 Å². The van der Waals surface area contributed by atoms with Crippen LogP contribution in [0.25, 0.3) is 11.4 Å². The monoisotopic (exact) mass is 311 g/mol. The van der Waals surface area contributed by atoms with Gasteiger partial charge in [-0.25, -0.2) is 4.98 Å². The van der Waals surface area contributed by atoms with E-state index in [9.17, 15) is 4.79 Å². The molecule has 0 saturated heterocycles. The van der Waals surface area contributed by atoms with Crippen LogP contribution in [0.2, 0.25) is 0 Å². The van der Waals surface area contributed by atoms with Gasteiger partial charge in [0.15, 0.2) is 11.7 Å². The van der Waals surface area contributed by atoms with Crippen LogP contribution < -0.4 is 5.32 Å². The molecule has 0 atom stereocenters. The summed E-state index contributed by atoms with van der Waals surface area (Å²) in [4.78, 5) is 16.4. The van der Waals surface area contributed by atoms with E-state index in [1.165, 1.54) is 0 Å². The van der Waals surface area contributed by atoms with E-state index >= 15 is 0 Å². The maximum atomic E-state index is 12.3. The van der Waals surface area contributed by atoms with Crippen LogP contribution in [0.5, 0.6) is 0 Å². The molecule has 3 rings (SSSR count). The van der Waals surface area contributed by atoms with E-state index in [4.69, 9.17) is 4.42 Å². The predicted octanol–water partition coefficient (Wildman–Crippen LogP) is 2.65. The van der Waals surface area contributed by atoms with Crippen LogP contribution in [-0.2, 0) is 7.05 Å². The zero-order valence-corrected chi connectivity index (χ0v) is 13.4. The van der Waals surface area contributed by atoms with E-state index in [0.29, 0.717) is 17.3 Å². The third-order valence-corrected chi connectivity index (χ3v) is 3.58. The van der Waals surface area contributed by atoms with Gasteiger partial charge in [-0.05, 0) is 26.0 Å². The number of carbonyl (C=O) groups is 1. The van der Waals surface area contributed by atoms with Crippen molar-refractivity contribution in [3.8, 4) is 11.4 Å². The molecule has 2 heterocycles. The minimum Gasteiger partial charge on any atom is -0.436 e. The summed E-state index contributed by atoms with van der Waals surface area (Å²) in [6.07, 6.45) is 0. The van der Waals surface area contributed by atoms with Crippen LogP contribution >= 0.6 is 0 Å². The molecular formula is C16H17N5O2. The lowest BCUT2D eigenvalue weighted by Crippen LogP contribution is -2.12. The Morgan fingerprint density at radius 3 is 2.61 bits per heavy atom. The zero-order valence-electron chi connectivity index (χ0n) is 13.4. The Bertz CT molecular complexity index is 878. The number of nitrogens with zero attached hydrogens (tertiary/aromatic N) is 4. The summed E-state index contributed by atoms with van der Waals surface area (Å²) in [6.45, 7) is 5.34. The summed E-state index contributed by atoms with van der Waals surface area (Å²) in [7, 11) is 1.90. The molecule has 7 heteroatoms. The lowest BCUT2D eigenvalue weighted by atomic mass is 10.2. The smallest absolute Gasteiger partial charge is 0.293 e. The van der Waals surface area contributed by atoms with Crippen LogP contribution in [-0.4, -0.2) is 25.7 Å². The van der Waals surface area contributed by atoms with Crippen molar-refractivity contribution in [3.63, 3.8) is 0 Å². The van der Waals surface area contributed by atoms with Gasteiger partial charge < -0.3 is 14.3 Å². The fourth-order valence-corrected chi connectivity index (χ4v) is 2.32. The molecule has 0 spiro atoms. The van der Waals surface area contributed by atoms with Gasteiger partial charge in [-0.15, -0.1) is 10.2 Å². The summed E-state index contributed by atoms with van der Waals surface area (Å²) >= 11 is 0. The van der Waals surface area contributed by atoms with E-state index in [1.807, 2.05) is 42.8 Å². The molecule has 7 nitrogen and oxygen atoms in total. The van der Waals surface area contributed by atoms with E-state index < -0.39 is 0 Å². The summed E-state index contributed by atoms with van der Waals surface area (Å²) in [5, 5.41) is 11.0. The number of aromatic nitrogens is 4. The molecule has 118 valence electrons. The average Bonchev–Trinajstić information content (AvgIpc) is 3.02. The largest absolute Gasteiger partial charge is 0.436 e. The van der Waals surface area contributed by atoms with Crippen LogP contribution in [0.3, 0.4) is 0 Å². The summed E-state index contributed by atoms with van der Waals surface area (Å²) < 4.78 is 7.23. The molecule has 0 radical (unpaired) electrons. The number of aryl methyl sites for hydroxylation is 3. The van der Waals surface area contributed by atoms with Gasteiger partial charge in [0.1, 0.15) is 5.82 Å². The first kappa shape index (κ1) is 15.0. The SMILES string of the molecule is Cc1nc(C)c(C(=O)Nc2cccc(-c3nnc(C)n3C)c2)o1. The number of oxazole rings is 1. The third kappa shape index (κ3) is 2.85. The van der Waals surface area contributed by atoms with Crippen molar-refractivity contribution in [1.82, 2.24) is 19.7 Å². The van der Waals surface area contributed by atoms with Gasteiger partial charge in [0.2, 0.25) is 5.76 Å². The van der Waals surface area contributed by atoms with Crippen LogP contribution in [0.15, 0.2) is 28.7 Å². The van der Waals surface area contributed by atoms with Gasteiger partial charge >= 0.3 is 0 Å². The Morgan fingerprint density at radius 1 is 1.22 bits per heavy atom. The van der Waals surface area contributed by atoms with Gasteiger partial charge in [-0.1, -0.05) is 12.1 Å². The lowest BCUT2D eigenvalue weighted by molar-refractivity contribution is 0.0994. The zero-order chi connectivity index (χ0) is 16.6. The van der Waals surface area contributed by atoms with E-state index in [-0.39, 0.29) is 11.7 Å². The van der Waals surface area contributed by atoms with E-state index in [2.05, 4.69) is 20.5 Å². The summed E-state index contributed by atoms with van der Waals surface area (Å²) in [5.74, 6) is 1.93. The van der Waals surface area contributed by atoms with Gasteiger partial charge in [0.25, 0.3) is 5.91 Å². The highest BCUT2D eigenvalue weighted by atomic mass is 16.4. The molecule has 0 unspecified atom stereocenters. The number of hydrogen-bond acceptors (Lipinski definition) is 5. The van der Waals surface area contributed by atoms with Gasteiger partial charge in [-0.3, -0.25) is 4.79 Å². The second-order valence-corrected chi connectivity index (χ2v) is 5.31. The molecule has 2 aromatic heterocycles. The lowest BCUT2D eigenvalue weighted by Gasteiger charge is -2.06. The van der Waals surface area contributed by atoms with E-state index in [1.54, 1.807) is 13.8 Å². The van der Waals surface area contributed by atoms with Crippen molar-refractivity contribution in [2.24, 2.45) is 7.05 Å². The molecule has 0 aliphatic rings. The van der Waals surface area contributed by atoms with Crippen molar-refractivity contribution in [3.05, 3.63) is 47.4 Å². The number of hydrogen-bond donors (Lipinski definition) is 1. The first-order valence-electron chi connectivity index (χ1n) is 7.17. The maximum Gasteiger partial charge on any atom is 0.293 e. The van der Waals surface area contributed by atoms with Gasteiger partial charge in [0, 0.05) is 25.2 Å². The number of anilines is 1. The Balaban J connectivity index is 1.87. The third-order valence-electron chi connectivity index (χ3n) is 3.58. The standard InChI is InChI=1S/C16H17N5O2/c1-9-14(23-11(3)17-9)16(22)18-13-7-5-6-12(8-13)15-20-19-10(2)21(15)4/h5-8H,1-4H3,(H,18,22). The van der Waals surface area contributed by atoms with Crippen LogP contribution in [0.1, 0.15) is 28.0 Å². The number of rotatable bonds is 3. The molecule has 1 aromatic carbocycles. The molecular weight excluding hydrogens is 294 g/mol. The van der Waals surface area contributed by atoms with Crippen molar-refractivity contribution in [2.45, 2.75) is 20.8 Å². The van der Waals surface area contributed by atoms with Crippen molar-refractivity contribution in [2.75, 3.05) is 5.32 Å². The molecule has 0 bridgehead atoms. The number of benzene rings is 1. The van der Waals surface area contributed by atoms with Gasteiger partial charge in [0.05, 0.1) is 5.69 Å². The normalized spacial score (nSPS) is 10.8. The average molecular weight is 311 g/mol. The number of amides is 1. The minimum atomic E-state index is -0.325. The fourth-order valence-electron chi connectivity index (χ4n) is 2.32. The molecule has 0 aliphatic heterocycles.